The third-order valence-corrected chi connectivity index (χ3v) is 5.68. The van der Waals surface area contributed by atoms with Crippen LogP contribution in [0.25, 0.3) is 10.9 Å². The summed E-state index contributed by atoms with van der Waals surface area (Å²) in [5, 5.41) is 14.1. The fourth-order valence-corrected chi connectivity index (χ4v) is 3.72. The van der Waals surface area contributed by atoms with Gasteiger partial charge in [-0.2, -0.15) is 0 Å². The van der Waals surface area contributed by atoms with Crippen LogP contribution in [0.1, 0.15) is 36.0 Å². The van der Waals surface area contributed by atoms with Crippen molar-refractivity contribution in [2.75, 3.05) is 26.3 Å². The number of fused-ring (bicyclic) bond motifs is 1. The van der Waals surface area contributed by atoms with E-state index in [0.717, 1.165) is 35.9 Å². The molecule has 1 atom stereocenters. The van der Waals surface area contributed by atoms with Crippen LogP contribution in [0.5, 0.6) is 0 Å². The number of rotatable bonds is 7. The van der Waals surface area contributed by atoms with Crippen LogP contribution in [0.4, 0.5) is 0 Å². The summed E-state index contributed by atoms with van der Waals surface area (Å²) < 4.78 is 5.63. The van der Waals surface area contributed by atoms with Gasteiger partial charge in [0, 0.05) is 37.4 Å². The molecule has 7 heteroatoms. The first-order valence-electron chi connectivity index (χ1n) is 9.86. The normalized spacial score (nSPS) is 16.5. The minimum Gasteiger partial charge on any atom is -0.396 e. The molecular formula is C21H29N3O3S. The third kappa shape index (κ3) is 5.10. The van der Waals surface area contributed by atoms with E-state index in [9.17, 15) is 9.90 Å². The molecule has 1 fully saturated rings. The van der Waals surface area contributed by atoms with Crippen molar-refractivity contribution in [2.24, 2.45) is 0 Å². The number of ether oxygens (including phenoxy) is 1. The summed E-state index contributed by atoms with van der Waals surface area (Å²) in [6.45, 7) is 6.64. The van der Waals surface area contributed by atoms with Crippen molar-refractivity contribution in [3.8, 4) is 0 Å². The summed E-state index contributed by atoms with van der Waals surface area (Å²) >= 11 is 5.56. The molecule has 1 aromatic carbocycles. The molecule has 0 aliphatic carbocycles. The lowest BCUT2D eigenvalue weighted by Crippen LogP contribution is -2.43. The van der Waals surface area contributed by atoms with Gasteiger partial charge in [-0.1, -0.05) is 0 Å². The van der Waals surface area contributed by atoms with Gasteiger partial charge in [0.15, 0.2) is 5.11 Å². The molecule has 0 radical (unpaired) electrons. The van der Waals surface area contributed by atoms with Crippen LogP contribution in [0.3, 0.4) is 0 Å². The molecule has 2 heterocycles. The van der Waals surface area contributed by atoms with Gasteiger partial charge in [0.1, 0.15) is 0 Å². The fraction of sp³-hybridized carbons (Fsp3) is 0.524. The lowest BCUT2D eigenvalue weighted by molar-refractivity contribution is 0.113. The number of hydrogen-bond acceptors (Lipinski definition) is 4. The Kier molecular flexibility index (Phi) is 7.04. The molecule has 0 saturated carbocycles. The Hall–Kier alpha value is -1.96. The molecule has 0 bridgehead atoms. The molecule has 0 spiro atoms. The highest BCUT2D eigenvalue weighted by Gasteiger charge is 2.18. The van der Waals surface area contributed by atoms with Crippen LogP contribution in [0, 0.1) is 13.8 Å². The number of aromatic amines is 1. The zero-order valence-electron chi connectivity index (χ0n) is 16.6. The maximum Gasteiger partial charge on any atom is 0.253 e. The van der Waals surface area contributed by atoms with Gasteiger partial charge in [0.05, 0.1) is 12.6 Å². The van der Waals surface area contributed by atoms with Gasteiger partial charge >= 0.3 is 0 Å². The van der Waals surface area contributed by atoms with Crippen molar-refractivity contribution >= 4 is 28.2 Å². The molecule has 1 aromatic heterocycles. The predicted molar refractivity (Wildman–Crippen MR) is 116 cm³/mol. The van der Waals surface area contributed by atoms with E-state index in [1.165, 1.54) is 5.56 Å². The molecule has 3 rings (SSSR count). The number of aliphatic hydroxyl groups is 1. The number of hydrogen-bond donors (Lipinski definition) is 3. The second-order valence-corrected chi connectivity index (χ2v) is 7.85. The zero-order valence-corrected chi connectivity index (χ0v) is 17.4. The number of benzene rings is 1. The second kappa shape index (κ2) is 9.49. The highest BCUT2D eigenvalue weighted by Crippen LogP contribution is 2.18. The minimum absolute atomic E-state index is 0.0808. The van der Waals surface area contributed by atoms with Crippen LogP contribution >= 0.6 is 12.2 Å². The predicted octanol–water partition coefficient (Wildman–Crippen LogP) is 2.38. The number of pyridine rings is 1. The smallest absolute Gasteiger partial charge is 0.253 e. The van der Waals surface area contributed by atoms with Crippen molar-refractivity contribution in [3.05, 3.63) is 45.2 Å². The van der Waals surface area contributed by atoms with E-state index in [1.54, 1.807) is 0 Å². The average Bonchev–Trinajstić information content (AvgIpc) is 3.18. The van der Waals surface area contributed by atoms with Crippen LogP contribution in [0.2, 0.25) is 0 Å². The highest BCUT2D eigenvalue weighted by atomic mass is 32.1. The van der Waals surface area contributed by atoms with Gasteiger partial charge < -0.3 is 25.0 Å². The maximum absolute atomic E-state index is 12.6. The lowest BCUT2D eigenvalue weighted by Gasteiger charge is -2.26. The van der Waals surface area contributed by atoms with Gasteiger partial charge in [-0.25, -0.2) is 0 Å². The Morgan fingerprint density at radius 1 is 1.36 bits per heavy atom. The van der Waals surface area contributed by atoms with E-state index in [2.05, 4.69) is 23.3 Å². The molecule has 6 nitrogen and oxygen atoms in total. The Labute approximate surface area is 170 Å². The van der Waals surface area contributed by atoms with Gasteiger partial charge in [-0.05, 0) is 80.0 Å². The molecule has 0 amide bonds. The standard InChI is InChI=1S/C21H29N3O3S/c1-14-9-16-11-17(20(26)23-19(16)10-15(14)2)13-24(6-4-7-25)21(28)22-12-18-5-3-8-27-18/h9-11,18,25H,3-8,12-13H2,1-2H3,(H,22,28)(H,23,26)/t18-/m1/s1. The number of nitrogens with one attached hydrogen (secondary N) is 2. The minimum atomic E-state index is -0.105. The Morgan fingerprint density at radius 3 is 2.86 bits per heavy atom. The van der Waals surface area contributed by atoms with E-state index >= 15 is 0 Å². The third-order valence-electron chi connectivity index (χ3n) is 5.27. The summed E-state index contributed by atoms with van der Waals surface area (Å²) in [6, 6.07) is 6.04. The number of aliphatic hydroxyl groups excluding tert-OH is 1. The largest absolute Gasteiger partial charge is 0.396 e. The monoisotopic (exact) mass is 403 g/mol. The highest BCUT2D eigenvalue weighted by molar-refractivity contribution is 7.80. The number of nitrogens with zero attached hydrogens (tertiary/aromatic N) is 1. The van der Waals surface area contributed by atoms with Gasteiger partial charge in [-0.15, -0.1) is 0 Å². The summed E-state index contributed by atoms with van der Waals surface area (Å²) in [5.74, 6) is 0. The summed E-state index contributed by atoms with van der Waals surface area (Å²) in [4.78, 5) is 17.5. The summed E-state index contributed by atoms with van der Waals surface area (Å²) in [7, 11) is 0. The summed E-state index contributed by atoms with van der Waals surface area (Å²) in [6.07, 6.45) is 2.90. The number of H-pyrrole nitrogens is 1. The fourth-order valence-electron chi connectivity index (χ4n) is 3.48. The Balaban J connectivity index is 1.77. The Bertz CT molecular complexity index is 890. The maximum atomic E-state index is 12.6. The van der Waals surface area contributed by atoms with E-state index < -0.39 is 0 Å². The topological polar surface area (TPSA) is 77.6 Å². The lowest BCUT2D eigenvalue weighted by atomic mass is 10.0. The van der Waals surface area contributed by atoms with E-state index in [4.69, 9.17) is 17.0 Å². The molecule has 3 N–H and O–H groups in total. The van der Waals surface area contributed by atoms with Crippen molar-refractivity contribution < 1.29 is 9.84 Å². The van der Waals surface area contributed by atoms with Crippen molar-refractivity contribution in [1.29, 1.82) is 0 Å². The number of aromatic nitrogens is 1. The second-order valence-electron chi connectivity index (χ2n) is 7.47. The molecule has 1 aliphatic heterocycles. The molecular weight excluding hydrogens is 374 g/mol. The number of aryl methyl sites for hydroxylation is 2. The molecule has 0 unspecified atom stereocenters. The van der Waals surface area contributed by atoms with Crippen LogP contribution in [0.15, 0.2) is 23.0 Å². The first-order valence-corrected chi connectivity index (χ1v) is 10.3. The Morgan fingerprint density at radius 2 is 2.14 bits per heavy atom. The van der Waals surface area contributed by atoms with Crippen molar-refractivity contribution in [3.63, 3.8) is 0 Å². The van der Waals surface area contributed by atoms with Gasteiger partial charge in [0.2, 0.25) is 0 Å². The molecule has 1 saturated heterocycles. The quantitative estimate of drug-likeness (QED) is 0.616. The number of thiocarbonyl (C=S) groups is 1. The SMILES string of the molecule is Cc1cc2cc(CN(CCCO)C(=S)NC[C@H]3CCCO3)c(=O)[nH]c2cc1C. The molecule has 28 heavy (non-hydrogen) atoms. The van der Waals surface area contributed by atoms with Crippen molar-refractivity contribution in [1.82, 2.24) is 15.2 Å². The average molecular weight is 404 g/mol. The van der Waals surface area contributed by atoms with Gasteiger partial charge in [-0.3, -0.25) is 4.79 Å². The van der Waals surface area contributed by atoms with E-state index in [0.29, 0.717) is 36.7 Å². The summed E-state index contributed by atoms with van der Waals surface area (Å²) in [5.41, 5.74) is 3.75. The van der Waals surface area contributed by atoms with E-state index in [-0.39, 0.29) is 18.3 Å². The van der Waals surface area contributed by atoms with Crippen LogP contribution in [-0.4, -0.2) is 52.5 Å². The first-order chi connectivity index (χ1) is 13.5. The first kappa shape index (κ1) is 20.8. The van der Waals surface area contributed by atoms with E-state index in [1.807, 2.05) is 24.0 Å². The van der Waals surface area contributed by atoms with Crippen molar-refractivity contribution in [2.45, 2.75) is 45.8 Å². The molecule has 2 aromatic rings. The van der Waals surface area contributed by atoms with Crippen LogP contribution in [-0.2, 0) is 11.3 Å². The molecule has 1 aliphatic rings. The van der Waals surface area contributed by atoms with Crippen LogP contribution < -0.4 is 10.9 Å². The zero-order chi connectivity index (χ0) is 20.1. The van der Waals surface area contributed by atoms with Gasteiger partial charge in [0.25, 0.3) is 5.56 Å². The molecule has 152 valence electrons.